The van der Waals surface area contributed by atoms with Crippen LogP contribution in [0.15, 0.2) is 12.1 Å². The van der Waals surface area contributed by atoms with Crippen LogP contribution in [0.5, 0.6) is 5.75 Å². The van der Waals surface area contributed by atoms with Crippen molar-refractivity contribution >= 4 is 0 Å². The minimum Gasteiger partial charge on any atom is -0.496 e. The van der Waals surface area contributed by atoms with Gasteiger partial charge in [-0.15, -0.1) is 0 Å². The Kier molecular flexibility index (Phi) is 3.17. The fourth-order valence-corrected chi connectivity index (χ4v) is 2.64. The maximum absolute atomic E-state index is 6.41. The van der Waals surface area contributed by atoms with E-state index in [0.29, 0.717) is 5.92 Å². The third-order valence-electron chi connectivity index (χ3n) is 3.95. The predicted octanol–water partition coefficient (Wildman–Crippen LogP) is 3.46. The van der Waals surface area contributed by atoms with Crippen molar-refractivity contribution < 1.29 is 4.74 Å². The van der Waals surface area contributed by atoms with Gasteiger partial charge in [-0.25, -0.2) is 0 Å². The lowest BCUT2D eigenvalue weighted by Crippen LogP contribution is -2.43. The van der Waals surface area contributed by atoms with Gasteiger partial charge in [0, 0.05) is 5.54 Å². The van der Waals surface area contributed by atoms with Gasteiger partial charge in [-0.2, -0.15) is 0 Å². The van der Waals surface area contributed by atoms with Gasteiger partial charge < -0.3 is 10.5 Å². The first-order valence-electron chi connectivity index (χ1n) is 6.46. The molecule has 0 unspecified atom stereocenters. The van der Waals surface area contributed by atoms with E-state index in [9.17, 15) is 0 Å². The smallest absolute Gasteiger partial charge is 0.125 e. The SMILES string of the molecule is COc1c(C)cc(C2(N)CCC2)cc1C(C)C. The summed E-state index contributed by atoms with van der Waals surface area (Å²) in [7, 11) is 1.75. The van der Waals surface area contributed by atoms with Crippen molar-refractivity contribution in [1.82, 2.24) is 0 Å². The summed E-state index contributed by atoms with van der Waals surface area (Å²) in [5.41, 5.74) is 10.1. The number of aryl methyl sites for hydroxylation is 1. The first kappa shape index (κ1) is 12.4. The Labute approximate surface area is 104 Å². The number of benzene rings is 1. The van der Waals surface area contributed by atoms with Gasteiger partial charge in [-0.3, -0.25) is 0 Å². The summed E-state index contributed by atoms with van der Waals surface area (Å²) >= 11 is 0. The maximum Gasteiger partial charge on any atom is 0.125 e. The first-order chi connectivity index (χ1) is 7.98. The van der Waals surface area contributed by atoms with Crippen molar-refractivity contribution in [3.8, 4) is 5.75 Å². The number of ether oxygens (including phenoxy) is 1. The van der Waals surface area contributed by atoms with E-state index in [0.717, 1.165) is 18.6 Å². The maximum atomic E-state index is 6.41. The topological polar surface area (TPSA) is 35.2 Å². The molecular formula is C15H23NO. The average molecular weight is 233 g/mol. The van der Waals surface area contributed by atoms with Gasteiger partial charge in [-0.05, 0) is 54.9 Å². The zero-order valence-corrected chi connectivity index (χ0v) is 11.3. The monoisotopic (exact) mass is 233 g/mol. The van der Waals surface area contributed by atoms with Crippen LogP contribution in [0.1, 0.15) is 55.7 Å². The third-order valence-corrected chi connectivity index (χ3v) is 3.95. The summed E-state index contributed by atoms with van der Waals surface area (Å²) in [4.78, 5) is 0. The quantitative estimate of drug-likeness (QED) is 0.867. The molecule has 17 heavy (non-hydrogen) atoms. The molecule has 2 heteroatoms. The molecule has 0 atom stereocenters. The second-order valence-corrected chi connectivity index (χ2v) is 5.58. The van der Waals surface area contributed by atoms with Crippen molar-refractivity contribution in [3.63, 3.8) is 0 Å². The zero-order chi connectivity index (χ0) is 12.6. The average Bonchev–Trinajstić information content (AvgIpc) is 2.24. The molecule has 1 aliphatic rings. The molecule has 0 amide bonds. The highest BCUT2D eigenvalue weighted by atomic mass is 16.5. The first-order valence-corrected chi connectivity index (χ1v) is 6.46. The van der Waals surface area contributed by atoms with E-state index in [1.807, 2.05) is 0 Å². The van der Waals surface area contributed by atoms with Crippen LogP contribution >= 0.6 is 0 Å². The summed E-state index contributed by atoms with van der Waals surface area (Å²) in [5.74, 6) is 1.49. The molecule has 2 rings (SSSR count). The Hall–Kier alpha value is -1.02. The van der Waals surface area contributed by atoms with Gasteiger partial charge in [-0.1, -0.05) is 19.9 Å². The van der Waals surface area contributed by atoms with Crippen molar-refractivity contribution in [1.29, 1.82) is 0 Å². The van der Waals surface area contributed by atoms with E-state index in [2.05, 4.69) is 32.9 Å². The van der Waals surface area contributed by atoms with Crippen LogP contribution in [-0.2, 0) is 5.54 Å². The molecule has 0 spiro atoms. The summed E-state index contributed by atoms with van der Waals surface area (Å²) in [6.45, 7) is 6.51. The molecule has 0 radical (unpaired) electrons. The van der Waals surface area contributed by atoms with Gasteiger partial charge in [0.2, 0.25) is 0 Å². The fraction of sp³-hybridized carbons (Fsp3) is 0.600. The lowest BCUT2D eigenvalue weighted by atomic mass is 9.71. The van der Waals surface area contributed by atoms with Crippen LogP contribution in [0.25, 0.3) is 0 Å². The van der Waals surface area contributed by atoms with E-state index in [-0.39, 0.29) is 5.54 Å². The number of rotatable bonds is 3. The minimum atomic E-state index is -0.0827. The molecule has 0 saturated heterocycles. The van der Waals surface area contributed by atoms with Crippen LogP contribution in [-0.4, -0.2) is 7.11 Å². The molecule has 1 aromatic rings. The Balaban J connectivity index is 2.50. The Bertz CT molecular complexity index is 419. The Morgan fingerprint density at radius 2 is 1.94 bits per heavy atom. The Morgan fingerprint density at radius 3 is 2.35 bits per heavy atom. The summed E-state index contributed by atoms with van der Waals surface area (Å²) in [5, 5.41) is 0. The highest BCUT2D eigenvalue weighted by molar-refractivity contribution is 5.48. The summed E-state index contributed by atoms with van der Waals surface area (Å²) < 4.78 is 5.52. The second-order valence-electron chi connectivity index (χ2n) is 5.58. The molecule has 0 aromatic heterocycles. The lowest BCUT2D eigenvalue weighted by Gasteiger charge is -2.39. The number of nitrogens with two attached hydrogens (primary N) is 1. The third kappa shape index (κ3) is 2.06. The number of hydrogen-bond donors (Lipinski definition) is 1. The van der Waals surface area contributed by atoms with E-state index >= 15 is 0 Å². The number of methoxy groups -OCH3 is 1. The van der Waals surface area contributed by atoms with Gasteiger partial charge in [0.25, 0.3) is 0 Å². The van der Waals surface area contributed by atoms with Crippen molar-refractivity contribution in [2.75, 3.05) is 7.11 Å². The normalized spacial score (nSPS) is 18.0. The van der Waals surface area contributed by atoms with Crippen LogP contribution < -0.4 is 10.5 Å². The van der Waals surface area contributed by atoms with Crippen molar-refractivity contribution in [3.05, 3.63) is 28.8 Å². The zero-order valence-electron chi connectivity index (χ0n) is 11.3. The van der Waals surface area contributed by atoms with E-state index in [1.165, 1.54) is 23.1 Å². The van der Waals surface area contributed by atoms with Gasteiger partial charge in [0.05, 0.1) is 7.11 Å². The molecule has 1 aromatic carbocycles. The predicted molar refractivity (Wildman–Crippen MR) is 71.5 cm³/mol. The van der Waals surface area contributed by atoms with Crippen LogP contribution in [0.3, 0.4) is 0 Å². The molecule has 1 fully saturated rings. The van der Waals surface area contributed by atoms with Crippen molar-refractivity contribution in [2.24, 2.45) is 5.73 Å². The van der Waals surface area contributed by atoms with Gasteiger partial charge in [0.15, 0.2) is 0 Å². The summed E-state index contributed by atoms with van der Waals surface area (Å²) in [6.07, 6.45) is 3.46. The highest BCUT2D eigenvalue weighted by Crippen LogP contribution is 2.42. The van der Waals surface area contributed by atoms with Gasteiger partial charge >= 0.3 is 0 Å². The minimum absolute atomic E-state index is 0.0827. The fourth-order valence-electron chi connectivity index (χ4n) is 2.64. The van der Waals surface area contributed by atoms with E-state index < -0.39 is 0 Å². The molecule has 94 valence electrons. The molecule has 2 N–H and O–H groups in total. The van der Waals surface area contributed by atoms with Crippen LogP contribution in [0, 0.1) is 6.92 Å². The van der Waals surface area contributed by atoms with Crippen molar-refractivity contribution in [2.45, 2.75) is 51.5 Å². The van der Waals surface area contributed by atoms with Crippen LogP contribution in [0.4, 0.5) is 0 Å². The van der Waals surface area contributed by atoms with Gasteiger partial charge in [0.1, 0.15) is 5.75 Å². The molecule has 2 nitrogen and oxygen atoms in total. The Morgan fingerprint density at radius 1 is 1.29 bits per heavy atom. The van der Waals surface area contributed by atoms with E-state index in [1.54, 1.807) is 7.11 Å². The second kappa shape index (κ2) is 4.34. The molecule has 0 bridgehead atoms. The van der Waals surface area contributed by atoms with Crippen LogP contribution in [0.2, 0.25) is 0 Å². The molecular weight excluding hydrogens is 210 g/mol. The standard InChI is InChI=1S/C15H23NO/c1-10(2)13-9-12(15(16)6-5-7-15)8-11(3)14(13)17-4/h8-10H,5-7,16H2,1-4H3. The lowest BCUT2D eigenvalue weighted by molar-refractivity contribution is 0.253. The molecule has 0 aliphatic heterocycles. The largest absolute Gasteiger partial charge is 0.496 e. The number of hydrogen-bond acceptors (Lipinski definition) is 2. The molecule has 0 heterocycles. The summed E-state index contributed by atoms with van der Waals surface area (Å²) in [6, 6.07) is 4.44. The highest BCUT2D eigenvalue weighted by Gasteiger charge is 2.35. The molecule has 1 saturated carbocycles. The van der Waals surface area contributed by atoms with E-state index in [4.69, 9.17) is 10.5 Å². The molecule has 1 aliphatic carbocycles.